The molecule has 0 spiro atoms. The van der Waals surface area contributed by atoms with Crippen LogP contribution in [0.4, 0.5) is 0 Å². The van der Waals surface area contributed by atoms with Crippen molar-refractivity contribution in [1.29, 1.82) is 0 Å². The lowest BCUT2D eigenvalue weighted by atomic mass is 10.0. The molecule has 2 N–H and O–H groups in total. The Kier molecular flexibility index (Phi) is 4.69. The smallest absolute Gasteiger partial charge is 0.226 e. The standard InChI is InChI=1S/C17H22N2O3.ClH/c18-12-3-5-19(6-4-12)17(20)14-10-13(14)11-1-2-15-16(9-11)22-8-7-21-15;/h1-2,9,12-14H,3-8,10,18H2;1H. The lowest BCUT2D eigenvalue weighted by molar-refractivity contribution is -0.133. The highest BCUT2D eigenvalue weighted by Gasteiger charge is 2.46. The van der Waals surface area contributed by atoms with Crippen molar-refractivity contribution in [2.45, 2.75) is 31.2 Å². The van der Waals surface area contributed by atoms with Gasteiger partial charge in [-0.1, -0.05) is 6.07 Å². The van der Waals surface area contributed by atoms with E-state index in [-0.39, 0.29) is 24.4 Å². The molecule has 126 valence electrons. The molecule has 6 heteroatoms. The van der Waals surface area contributed by atoms with Crippen LogP contribution in [0.15, 0.2) is 18.2 Å². The largest absolute Gasteiger partial charge is 0.486 e. The van der Waals surface area contributed by atoms with Crippen LogP contribution in [-0.4, -0.2) is 43.2 Å². The number of halogens is 1. The fourth-order valence-electron chi connectivity index (χ4n) is 3.48. The average Bonchev–Trinajstić information content (AvgIpc) is 3.35. The molecule has 1 aromatic rings. The quantitative estimate of drug-likeness (QED) is 0.895. The number of amides is 1. The van der Waals surface area contributed by atoms with Crippen molar-refractivity contribution in [3.8, 4) is 11.5 Å². The van der Waals surface area contributed by atoms with Crippen molar-refractivity contribution in [3.63, 3.8) is 0 Å². The van der Waals surface area contributed by atoms with Crippen LogP contribution in [0, 0.1) is 5.92 Å². The van der Waals surface area contributed by atoms with Crippen LogP contribution in [-0.2, 0) is 4.79 Å². The number of likely N-dealkylation sites (tertiary alicyclic amines) is 1. The summed E-state index contributed by atoms with van der Waals surface area (Å²) in [5.74, 6) is 2.39. The lowest BCUT2D eigenvalue weighted by Crippen LogP contribution is -2.43. The van der Waals surface area contributed by atoms with Crippen LogP contribution in [0.2, 0.25) is 0 Å². The Balaban J connectivity index is 0.00000156. The van der Waals surface area contributed by atoms with Gasteiger partial charge in [0, 0.05) is 25.0 Å². The van der Waals surface area contributed by atoms with Crippen molar-refractivity contribution in [1.82, 2.24) is 4.90 Å². The molecule has 2 unspecified atom stereocenters. The van der Waals surface area contributed by atoms with E-state index in [4.69, 9.17) is 15.2 Å². The van der Waals surface area contributed by atoms with Crippen LogP contribution in [0.5, 0.6) is 11.5 Å². The number of benzene rings is 1. The number of nitrogens with zero attached hydrogens (tertiary/aromatic N) is 1. The van der Waals surface area contributed by atoms with Crippen LogP contribution < -0.4 is 15.2 Å². The average molecular weight is 339 g/mol. The normalized spacial score (nSPS) is 26.4. The number of carbonyl (C=O) groups excluding carboxylic acids is 1. The Bertz CT molecular complexity index is 587. The van der Waals surface area contributed by atoms with Gasteiger partial charge in [0.05, 0.1) is 0 Å². The minimum absolute atomic E-state index is 0. The van der Waals surface area contributed by atoms with E-state index in [1.165, 1.54) is 5.56 Å². The second-order valence-electron chi connectivity index (χ2n) is 6.51. The molecule has 2 atom stereocenters. The van der Waals surface area contributed by atoms with Crippen LogP contribution in [0.3, 0.4) is 0 Å². The van der Waals surface area contributed by atoms with Crippen molar-refractivity contribution in [3.05, 3.63) is 23.8 Å². The molecule has 2 heterocycles. The minimum atomic E-state index is 0. The summed E-state index contributed by atoms with van der Waals surface area (Å²) in [4.78, 5) is 14.6. The summed E-state index contributed by atoms with van der Waals surface area (Å²) in [6.45, 7) is 2.82. The Hall–Kier alpha value is -1.46. The number of piperidine rings is 1. The first-order valence-corrected chi connectivity index (χ1v) is 8.16. The van der Waals surface area contributed by atoms with E-state index in [9.17, 15) is 4.79 Å². The molecule has 3 aliphatic rings. The van der Waals surface area contributed by atoms with Gasteiger partial charge in [-0.05, 0) is 42.9 Å². The molecule has 2 fully saturated rings. The van der Waals surface area contributed by atoms with E-state index in [0.717, 1.165) is 43.9 Å². The molecule has 1 saturated heterocycles. The molecule has 0 bridgehead atoms. The van der Waals surface area contributed by atoms with Gasteiger partial charge in [0.1, 0.15) is 13.2 Å². The highest BCUT2D eigenvalue weighted by atomic mass is 35.5. The Morgan fingerprint density at radius 3 is 2.57 bits per heavy atom. The van der Waals surface area contributed by atoms with Crippen molar-refractivity contribution in [2.24, 2.45) is 11.7 Å². The molecule has 0 radical (unpaired) electrons. The Labute approximate surface area is 142 Å². The van der Waals surface area contributed by atoms with E-state index in [1.807, 2.05) is 17.0 Å². The summed E-state index contributed by atoms with van der Waals surface area (Å²) in [7, 11) is 0. The van der Waals surface area contributed by atoms with Gasteiger partial charge in [-0.25, -0.2) is 0 Å². The van der Waals surface area contributed by atoms with E-state index in [1.54, 1.807) is 0 Å². The second-order valence-corrected chi connectivity index (χ2v) is 6.51. The summed E-state index contributed by atoms with van der Waals surface area (Å²) in [5.41, 5.74) is 7.10. The van der Waals surface area contributed by atoms with E-state index in [0.29, 0.717) is 25.0 Å². The van der Waals surface area contributed by atoms with Gasteiger partial charge in [0.15, 0.2) is 11.5 Å². The molecule has 1 amide bonds. The second kappa shape index (κ2) is 6.57. The fraction of sp³-hybridized carbons (Fsp3) is 0.588. The molecule has 1 saturated carbocycles. The monoisotopic (exact) mass is 338 g/mol. The van der Waals surface area contributed by atoms with Gasteiger partial charge in [-0.2, -0.15) is 0 Å². The highest BCUT2D eigenvalue weighted by Crippen LogP contribution is 2.50. The van der Waals surface area contributed by atoms with E-state index < -0.39 is 0 Å². The van der Waals surface area contributed by atoms with Crippen molar-refractivity contribution >= 4 is 18.3 Å². The molecule has 1 aliphatic carbocycles. The van der Waals surface area contributed by atoms with Gasteiger partial charge < -0.3 is 20.1 Å². The van der Waals surface area contributed by atoms with Gasteiger partial charge in [-0.3, -0.25) is 4.79 Å². The maximum Gasteiger partial charge on any atom is 0.226 e. The zero-order chi connectivity index (χ0) is 15.1. The third-order valence-corrected chi connectivity index (χ3v) is 4.95. The zero-order valence-electron chi connectivity index (χ0n) is 13.1. The van der Waals surface area contributed by atoms with Gasteiger partial charge in [0.2, 0.25) is 5.91 Å². The Morgan fingerprint density at radius 2 is 1.83 bits per heavy atom. The molecular weight excluding hydrogens is 316 g/mol. The number of hydrogen-bond acceptors (Lipinski definition) is 4. The molecule has 1 aromatic carbocycles. The summed E-state index contributed by atoms with van der Waals surface area (Å²) >= 11 is 0. The summed E-state index contributed by atoms with van der Waals surface area (Å²) in [6.07, 6.45) is 2.79. The van der Waals surface area contributed by atoms with E-state index >= 15 is 0 Å². The maximum atomic E-state index is 12.6. The topological polar surface area (TPSA) is 64.8 Å². The molecular formula is C17H23ClN2O3. The summed E-state index contributed by atoms with van der Waals surface area (Å²) in [5, 5.41) is 0. The van der Waals surface area contributed by atoms with Crippen LogP contribution in [0.1, 0.15) is 30.7 Å². The minimum Gasteiger partial charge on any atom is -0.486 e. The molecule has 0 aromatic heterocycles. The zero-order valence-corrected chi connectivity index (χ0v) is 13.9. The first kappa shape index (κ1) is 16.4. The lowest BCUT2D eigenvalue weighted by Gasteiger charge is -2.30. The number of rotatable bonds is 2. The number of carbonyl (C=O) groups is 1. The van der Waals surface area contributed by atoms with Gasteiger partial charge in [-0.15, -0.1) is 12.4 Å². The number of hydrogen-bond donors (Lipinski definition) is 1. The third kappa shape index (κ3) is 3.26. The SMILES string of the molecule is Cl.NC1CCN(C(=O)C2CC2c2ccc3c(c2)OCCO3)CC1. The van der Waals surface area contributed by atoms with E-state index in [2.05, 4.69) is 6.07 Å². The first-order chi connectivity index (χ1) is 10.7. The van der Waals surface area contributed by atoms with Crippen molar-refractivity contribution < 1.29 is 14.3 Å². The van der Waals surface area contributed by atoms with Gasteiger partial charge in [0.25, 0.3) is 0 Å². The summed E-state index contributed by atoms with van der Waals surface area (Å²) in [6, 6.07) is 6.33. The number of nitrogens with two attached hydrogens (primary N) is 1. The third-order valence-electron chi connectivity index (χ3n) is 4.95. The van der Waals surface area contributed by atoms with Crippen LogP contribution in [0.25, 0.3) is 0 Å². The van der Waals surface area contributed by atoms with Crippen LogP contribution >= 0.6 is 12.4 Å². The molecule has 23 heavy (non-hydrogen) atoms. The first-order valence-electron chi connectivity index (χ1n) is 8.16. The number of ether oxygens (including phenoxy) is 2. The summed E-state index contributed by atoms with van der Waals surface area (Å²) < 4.78 is 11.2. The molecule has 4 rings (SSSR count). The van der Waals surface area contributed by atoms with Gasteiger partial charge >= 0.3 is 0 Å². The number of fused-ring (bicyclic) bond motifs is 1. The maximum absolute atomic E-state index is 12.6. The molecule has 5 nitrogen and oxygen atoms in total. The highest BCUT2D eigenvalue weighted by molar-refractivity contribution is 5.85. The molecule has 2 aliphatic heterocycles. The predicted octanol–water partition coefficient (Wildman–Crippen LogP) is 1.93. The Morgan fingerprint density at radius 1 is 1.13 bits per heavy atom. The van der Waals surface area contributed by atoms with Crippen molar-refractivity contribution in [2.75, 3.05) is 26.3 Å². The predicted molar refractivity (Wildman–Crippen MR) is 89.3 cm³/mol. The fourth-order valence-corrected chi connectivity index (χ4v) is 3.48.